The lowest BCUT2D eigenvalue weighted by molar-refractivity contribution is -0.142. The number of aliphatic carboxylic acids is 1. The predicted molar refractivity (Wildman–Crippen MR) is 158 cm³/mol. The molecule has 0 aliphatic carbocycles. The number of carbonyl (C=O) groups excluding carboxylic acids is 3. The number of carboxylic acid groups (broad SMARTS) is 1. The quantitative estimate of drug-likeness (QED) is 0.113. The van der Waals surface area contributed by atoms with Gasteiger partial charge in [0, 0.05) is 29.9 Å². The van der Waals surface area contributed by atoms with Crippen LogP contribution in [0.5, 0.6) is 11.5 Å². The molecule has 3 aromatic carbocycles. The van der Waals surface area contributed by atoms with E-state index in [2.05, 4.69) is 20.9 Å². The van der Waals surface area contributed by atoms with Gasteiger partial charge in [-0.05, 0) is 53.4 Å². The van der Waals surface area contributed by atoms with Gasteiger partial charge in [0.1, 0.15) is 23.6 Å². The first kappa shape index (κ1) is 30.6. The second-order valence-corrected chi connectivity index (χ2v) is 10.1. The molecule has 1 aromatic heterocycles. The van der Waals surface area contributed by atoms with E-state index in [1.54, 1.807) is 30.5 Å². The van der Waals surface area contributed by atoms with Crippen LogP contribution < -0.4 is 21.7 Å². The van der Waals surface area contributed by atoms with E-state index in [1.807, 2.05) is 24.3 Å². The molecule has 4 aromatic rings. The Bertz CT molecular complexity index is 1580. The Labute approximate surface area is 246 Å². The van der Waals surface area contributed by atoms with Gasteiger partial charge < -0.3 is 42.0 Å². The molecule has 0 saturated carbocycles. The van der Waals surface area contributed by atoms with Crippen molar-refractivity contribution in [3.63, 3.8) is 0 Å². The number of hydrogen-bond donors (Lipinski definition) is 8. The number of carboxylic acids is 1. The molecule has 0 bridgehead atoms. The molecule has 0 radical (unpaired) electrons. The van der Waals surface area contributed by atoms with Crippen LogP contribution in [-0.2, 0) is 38.4 Å². The molecule has 9 N–H and O–H groups in total. The number of phenols is 2. The molecular formula is C31H33N5O7. The third-order valence-corrected chi connectivity index (χ3v) is 6.89. The van der Waals surface area contributed by atoms with Crippen LogP contribution in [0.3, 0.4) is 0 Å². The van der Waals surface area contributed by atoms with Crippen LogP contribution in [-0.4, -0.2) is 68.7 Å². The molecule has 43 heavy (non-hydrogen) atoms. The van der Waals surface area contributed by atoms with E-state index in [9.17, 15) is 34.5 Å². The number of aromatic hydroxyl groups is 2. The fraction of sp³-hybridized carbons (Fsp3) is 0.226. The van der Waals surface area contributed by atoms with Crippen LogP contribution in [0.4, 0.5) is 0 Å². The van der Waals surface area contributed by atoms with E-state index < -0.39 is 48.4 Å². The Hall–Kier alpha value is -5.36. The number of nitrogens with two attached hydrogens (primary N) is 1. The average molecular weight is 588 g/mol. The van der Waals surface area contributed by atoms with E-state index >= 15 is 0 Å². The molecular weight excluding hydrogens is 554 g/mol. The molecule has 3 atom stereocenters. The number of para-hydroxylation sites is 1. The average Bonchev–Trinajstić information content (AvgIpc) is 3.40. The predicted octanol–water partition coefficient (Wildman–Crippen LogP) is 1.10. The summed E-state index contributed by atoms with van der Waals surface area (Å²) < 4.78 is 0. The zero-order valence-electron chi connectivity index (χ0n) is 23.1. The highest BCUT2D eigenvalue weighted by Crippen LogP contribution is 2.19. The van der Waals surface area contributed by atoms with Gasteiger partial charge in [0.15, 0.2) is 0 Å². The summed E-state index contributed by atoms with van der Waals surface area (Å²) >= 11 is 0. The Balaban J connectivity index is 1.43. The number of benzene rings is 3. The first-order valence-electron chi connectivity index (χ1n) is 13.6. The Morgan fingerprint density at radius 2 is 1.35 bits per heavy atom. The number of amides is 3. The van der Waals surface area contributed by atoms with Gasteiger partial charge >= 0.3 is 5.97 Å². The normalized spacial score (nSPS) is 13.0. The van der Waals surface area contributed by atoms with Crippen LogP contribution in [0.1, 0.15) is 16.7 Å². The maximum absolute atomic E-state index is 13.4. The number of aromatic nitrogens is 1. The van der Waals surface area contributed by atoms with Crippen molar-refractivity contribution >= 4 is 34.6 Å². The molecule has 0 saturated heterocycles. The summed E-state index contributed by atoms with van der Waals surface area (Å²) in [6, 6.07) is 16.1. The number of rotatable bonds is 13. The molecule has 12 nitrogen and oxygen atoms in total. The lowest BCUT2D eigenvalue weighted by Crippen LogP contribution is -2.55. The highest BCUT2D eigenvalue weighted by Gasteiger charge is 2.28. The SMILES string of the molecule is N[C@@H](Cc1ccc(O)cc1)C(=O)NCC(=O)N[C@@H](Cc1c[nH]c2ccccc12)C(=O)N[C@@H](Cc1ccc(O)cc1)C(=O)O. The molecule has 0 spiro atoms. The van der Waals surface area contributed by atoms with Crippen molar-refractivity contribution in [3.05, 3.63) is 95.7 Å². The van der Waals surface area contributed by atoms with E-state index in [0.717, 1.165) is 22.0 Å². The Morgan fingerprint density at radius 3 is 1.98 bits per heavy atom. The van der Waals surface area contributed by atoms with Gasteiger partial charge in [-0.3, -0.25) is 14.4 Å². The standard InChI is InChI=1S/C31H33N5O7/c32-24(13-18-5-9-21(37)10-6-18)29(40)34-17-28(39)35-26(15-20-16-33-25-4-2-1-3-23(20)25)30(41)36-27(31(42)43)14-19-7-11-22(38)12-8-19/h1-12,16,24,26-27,33,37-38H,13-15,17,32H2,(H,34,40)(H,35,39)(H,36,41)(H,42,43)/t24-,26-,27-/m0/s1. The summed E-state index contributed by atoms with van der Waals surface area (Å²) in [5.74, 6) is -3.14. The van der Waals surface area contributed by atoms with E-state index in [-0.39, 0.29) is 30.8 Å². The molecule has 0 aliphatic rings. The number of H-pyrrole nitrogens is 1. The van der Waals surface area contributed by atoms with E-state index in [0.29, 0.717) is 5.56 Å². The molecule has 12 heteroatoms. The van der Waals surface area contributed by atoms with Crippen LogP contribution >= 0.6 is 0 Å². The van der Waals surface area contributed by atoms with Gasteiger partial charge in [0.2, 0.25) is 17.7 Å². The van der Waals surface area contributed by atoms with Gasteiger partial charge in [0.05, 0.1) is 12.6 Å². The van der Waals surface area contributed by atoms with Crippen molar-refractivity contribution in [1.29, 1.82) is 0 Å². The Morgan fingerprint density at radius 1 is 0.744 bits per heavy atom. The van der Waals surface area contributed by atoms with Gasteiger partial charge in [0.25, 0.3) is 0 Å². The molecule has 1 heterocycles. The van der Waals surface area contributed by atoms with Crippen molar-refractivity contribution in [1.82, 2.24) is 20.9 Å². The topological polar surface area (TPSA) is 207 Å². The third-order valence-electron chi connectivity index (χ3n) is 6.89. The maximum atomic E-state index is 13.4. The minimum absolute atomic E-state index is 0.0227. The number of aromatic amines is 1. The smallest absolute Gasteiger partial charge is 0.326 e. The van der Waals surface area contributed by atoms with Crippen LogP contribution in [0.2, 0.25) is 0 Å². The summed E-state index contributed by atoms with van der Waals surface area (Å²) in [6.45, 7) is -0.463. The largest absolute Gasteiger partial charge is 0.508 e. The second kappa shape index (κ2) is 14.0. The summed E-state index contributed by atoms with van der Waals surface area (Å²) in [6.07, 6.45) is 1.88. The first-order valence-corrected chi connectivity index (χ1v) is 13.6. The fourth-order valence-corrected chi connectivity index (χ4v) is 4.59. The summed E-state index contributed by atoms with van der Waals surface area (Å²) in [7, 11) is 0. The molecule has 4 rings (SSSR count). The monoisotopic (exact) mass is 587 g/mol. The van der Waals surface area contributed by atoms with Crippen molar-refractivity contribution in [2.24, 2.45) is 5.73 Å². The van der Waals surface area contributed by atoms with Crippen LogP contribution in [0.25, 0.3) is 10.9 Å². The fourth-order valence-electron chi connectivity index (χ4n) is 4.59. The third kappa shape index (κ3) is 8.57. The van der Waals surface area contributed by atoms with Gasteiger partial charge in [-0.15, -0.1) is 0 Å². The molecule has 0 unspecified atom stereocenters. The number of phenolic OH excluding ortho intramolecular Hbond substituents is 2. The van der Waals surface area contributed by atoms with Crippen LogP contribution in [0, 0.1) is 0 Å². The molecule has 0 fully saturated rings. The lowest BCUT2D eigenvalue weighted by atomic mass is 10.0. The summed E-state index contributed by atoms with van der Waals surface area (Å²) in [5, 5.41) is 37.1. The van der Waals surface area contributed by atoms with Crippen LogP contribution in [0.15, 0.2) is 79.0 Å². The molecule has 0 aliphatic heterocycles. The zero-order chi connectivity index (χ0) is 30.9. The number of fused-ring (bicyclic) bond motifs is 1. The minimum atomic E-state index is -1.31. The number of carbonyl (C=O) groups is 4. The molecule has 224 valence electrons. The summed E-state index contributed by atoms with van der Waals surface area (Å²) in [4.78, 5) is 53.9. The number of hydrogen-bond acceptors (Lipinski definition) is 7. The van der Waals surface area contributed by atoms with Crippen molar-refractivity contribution in [2.75, 3.05) is 6.54 Å². The number of nitrogens with one attached hydrogen (secondary N) is 4. The first-order chi connectivity index (χ1) is 20.6. The Kier molecular flexibility index (Phi) is 9.97. The van der Waals surface area contributed by atoms with Crippen molar-refractivity contribution in [3.8, 4) is 11.5 Å². The highest BCUT2D eigenvalue weighted by molar-refractivity contribution is 5.93. The lowest BCUT2D eigenvalue weighted by Gasteiger charge is -2.22. The highest BCUT2D eigenvalue weighted by atomic mass is 16.4. The van der Waals surface area contributed by atoms with Gasteiger partial charge in [-0.25, -0.2) is 4.79 Å². The zero-order valence-corrected chi connectivity index (χ0v) is 23.1. The molecule has 3 amide bonds. The van der Waals surface area contributed by atoms with E-state index in [1.165, 1.54) is 24.3 Å². The van der Waals surface area contributed by atoms with Gasteiger partial charge in [-0.2, -0.15) is 0 Å². The van der Waals surface area contributed by atoms with Crippen molar-refractivity contribution < 1.29 is 34.5 Å². The van der Waals surface area contributed by atoms with Gasteiger partial charge in [-0.1, -0.05) is 42.5 Å². The minimum Gasteiger partial charge on any atom is -0.508 e. The van der Waals surface area contributed by atoms with E-state index in [4.69, 9.17) is 5.73 Å². The maximum Gasteiger partial charge on any atom is 0.326 e. The van der Waals surface area contributed by atoms with Crippen molar-refractivity contribution in [2.45, 2.75) is 37.4 Å². The summed E-state index contributed by atoms with van der Waals surface area (Å²) in [5.41, 5.74) is 8.83. The second-order valence-electron chi connectivity index (χ2n) is 10.1.